The van der Waals surface area contributed by atoms with Gasteiger partial charge in [0.15, 0.2) is 0 Å². The lowest BCUT2D eigenvalue weighted by atomic mass is 9.92. The highest BCUT2D eigenvalue weighted by molar-refractivity contribution is 6.48. The normalized spacial score (nSPS) is 11.7. The molecule has 0 aliphatic carbocycles. The van der Waals surface area contributed by atoms with Crippen LogP contribution in [0.2, 0.25) is 10.0 Å². The molecular formula is C23H13Cl2NO2. The van der Waals surface area contributed by atoms with Crippen LogP contribution in [0, 0.1) is 0 Å². The molecule has 0 saturated carbocycles. The smallest absolute Gasteiger partial charge is 0.245 e. The van der Waals surface area contributed by atoms with Crippen molar-refractivity contribution in [2.45, 2.75) is 0 Å². The zero-order valence-electron chi connectivity index (χ0n) is 14.8. The van der Waals surface area contributed by atoms with Crippen LogP contribution in [0.5, 0.6) is 0 Å². The SMILES string of the molecule is CN(c1ccccc1)c1c(Cl)c2c(Cl)c(=O)c(=O)c3ccc4cccc1c4c23. The molecular weight excluding hydrogens is 393 g/mol. The molecule has 0 heterocycles. The number of benzene rings is 5. The molecule has 5 heteroatoms. The fraction of sp³-hybridized carbons (Fsp3) is 0.0435. The number of nitrogens with zero attached hydrogens (tertiary/aromatic N) is 1. The van der Waals surface area contributed by atoms with Crippen molar-refractivity contribution in [1.29, 1.82) is 0 Å². The number of rotatable bonds is 2. The third kappa shape index (κ3) is 2.17. The molecule has 0 atom stereocenters. The Balaban J connectivity index is 2.07. The first-order valence-corrected chi connectivity index (χ1v) is 9.50. The lowest BCUT2D eigenvalue weighted by molar-refractivity contribution is 1.22. The minimum absolute atomic E-state index is 0.122. The molecule has 5 aromatic carbocycles. The Morgan fingerprint density at radius 2 is 1.43 bits per heavy atom. The molecule has 0 spiro atoms. The minimum atomic E-state index is -0.720. The van der Waals surface area contributed by atoms with Crippen LogP contribution >= 0.6 is 23.2 Å². The molecule has 5 aromatic rings. The van der Waals surface area contributed by atoms with Crippen LogP contribution in [0.3, 0.4) is 0 Å². The van der Waals surface area contributed by atoms with Gasteiger partial charge in [-0.1, -0.05) is 65.7 Å². The second-order valence-electron chi connectivity index (χ2n) is 6.80. The first kappa shape index (κ1) is 17.2. The van der Waals surface area contributed by atoms with E-state index in [9.17, 15) is 9.59 Å². The van der Waals surface area contributed by atoms with Crippen LogP contribution in [-0.2, 0) is 0 Å². The fourth-order valence-electron chi connectivity index (χ4n) is 4.02. The van der Waals surface area contributed by atoms with E-state index in [0.29, 0.717) is 21.2 Å². The van der Waals surface area contributed by atoms with Gasteiger partial charge in [-0.15, -0.1) is 0 Å². The topological polar surface area (TPSA) is 37.4 Å². The van der Waals surface area contributed by atoms with E-state index < -0.39 is 10.9 Å². The molecule has 0 radical (unpaired) electrons. The van der Waals surface area contributed by atoms with E-state index in [1.807, 2.05) is 66.5 Å². The van der Waals surface area contributed by atoms with Crippen LogP contribution in [0.15, 0.2) is 70.3 Å². The van der Waals surface area contributed by atoms with Crippen molar-refractivity contribution in [2.24, 2.45) is 0 Å². The third-order valence-corrected chi connectivity index (χ3v) is 6.06. The number of hydrogen-bond acceptors (Lipinski definition) is 3. The van der Waals surface area contributed by atoms with Gasteiger partial charge in [-0.25, -0.2) is 0 Å². The van der Waals surface area contributed by atoms with Crippen molar-refractivity contribution in [3.05, 3.63) is 91.2 Å². The molecule has 0 bridgehead atoms. The van der Waals surface area contributed by atoms with Gasteiger partial charge in [-0.05, 0) is 29.0 Å². The van der Waals surface area contributed by atoms with E-state index in [0.717, 1.165) is 27.5 Å². The molecule has 0 unspecified atom stereocenters. The highest BCUT2D eigenvalue weighted by Gasteiger charge is 2.24. The highest BCUT2D eigenvalue weighted by atomic mass is 35.5. The molecule has 0 saturated heterocycles. The second kappa shape index (κ2) is 6.06. The Bertz CT molecular complexity index is 1480. The molecule has 5 rings (SSSR count). The summed E-state index contributed by atoms with van der Waals surface area (Å²) in [5.41, 5.74) is 0.383. The lowest BCUT2D eigenvalue weighted by Gasteiger charge is -2.25. The quantitative estimate of drug-likeness (QED) is 0.274. The summed E-state index contributed by atoms with van der Waals surface area (Å²) in [4.78, 5) is 27.0. The minimum Gasteiger partial charge on any atom is -0.343 e. The maximum absolute atomic E-state index is 12.6. The Hall–Kier alpha value is -2.88. The van der Waals surface area contributed by atoms with Gasteiger partial charge >= 0.3 is 0 Å². The zero-order valence-corrected chi connectivity index (χ0v) is 16.3. The average Bonchev–Trinajstić information content (AvgIpc) is 2.72. The first-order valence-electron chi connectivity index (χ1n) is 8.75. The Kier molecular flexibility index (Phi) is 3.73. The first-order chi connectivity index (χ1) is 13.5. The summed E-state index contributed by atoms with van der Waals surface area (Å²) in [6.07, 6.45) is 0. The standard InChI is InChI=1S/C23H13Cl2NO2/c1-26(13-7-3-2-4-8-13)21-14-9-5-6-12-10-11-15-17(16(12)14)18(19(21)24)20(25)23(28)22(15)27/h2-11H,1H3. The van der Waals surface area contributed by atoms with E-state index in [2.05, 4.69) is 0 Å². The van der Waals surface area contributed by atoms with Crippen LogP contribution in [0.25, 0.3) is 32.3 Å². The molecule has 3 nitrogen and oxygen atoms in total. The number of hydrogen-bond donors (Lipinski definition) is 0. The summed E-state index contributed by atoms with van der Waals surface area (Å²) in [5, 5.41) is 4.43. The van der Waals surface area contributed by atoms with E-state index in [-0.39, 0.29) is 5.02 Å². The van der Waals surface area contributed by atoms with Gasteiger partial charge < -0.3 is 4.90 Å². The summed E-state index contributed by atoms with van der Waals surface area (Å²) in [6, 6.07) is 19.3. The number of halogens is 2. The van der Waals surface area contributed by atoms with Gasteiger partial charge in [0.05, 0.1) is 10.7 Å². The number of anilines is 2. The second-order valence-corrected chi connectivity index (χ2v) is 7.55. The molecule has 0 aliphatic rings. The Morgan fingerprint density at radius 3 is 2.18 bits per heavy atom. The molecule has 0 aromatic heterocycles. The van der Waals surface area contributed by atoms with E-state index in [4.69, 9.17) is 23.2 Å². The lowest BCUT2D eigenvalue weighted by Crippen LogP contribution is -2.24. The zero-order chi connectivity index (χ0) is 19.6. The van der Waals surface area contributed by atoms with Gasteiger partial charge in [0, 0.05) is 34.3 Å². The van der Waals surface area contributed by atoms with Crippen molar-refractivity contribution in [2.75, 3.05) is 11.9 Å². The van der Waals surface area contributed by atoms with E-state index in [1.165, 1.54) is 0 Å². The monoisotopic (exact) mass is 405 g/mol. The molecule has 0 amide bonds. The van der Waals surface area contributed by atoms with Crippen molar-refractivity contribution < 1.29 is 0 Å². The fourth-order valence-corrected chi connectivity index (χ4v) is 4.76. The third-order valence-electron chi connectivity index (χ3n) is 5.33. The van der Waals surface area contributed by atoms with E-state index in [1.54, 1.807) is 6.07 Å². The van der Waals surface area contributed by atoms with Crippen molar-refractivity contribution >= 4 is 66.9 Å². The van der Waals surface area contributed by atoms with Gasteiger partial charge in [0.25, 0.3) is 0 Å². The highest BCUT2D eigenvalue weighted by Crippen LogP contribution is 2.47. The Morgan fingerprint density at radius 1 is 0.679 bits per heavy atom. The molecule has 0 fully saturated rings. The summed E-state index contributed by atoms with van der Waals surface area (Å²) in [6.45, 7) is 0. The van der Waals surface area contributed by atoms with Crippen molar-refractivity contribution in [1.82, 2.24) is 0 Å². The van der Waals surface area contributed by atoms with Gasteiger partial charge in [0.2, 0.25) is 10.9 Å². The van der Waals surface area contributed by atoms with Crippen LogP contribution < -0.4 is 15.8 Å². The van der Waals surface area contributed by atoms with Crippen molar-refractivity contribution in [3.8, 4) is 0 Å². The van der Waals surface area contributed by atoms with Gasteiger partial charge in [0.1, 0.15) is 5.02 Å². The summed E-state index contributed by atoms with van der Waals surface area (Å²) < 4.78 is 0. The van der Waals surface area contributed by atoms with Gasteiger partial charge in [-0.3, -0.25) is 9.59 Å². The van der Waals surface area contributed by atoms with Crippen LogP contribution in [0.1, 0.15) is 0 Å². The maximum Gasteiger partial charge on any atom is 0.245 e. The summed E-state index contributed by atoms with van der Waals surface area (Å²) >= 11 is 13.2. The summed E-state index contributed by atoms with van der Waals surface area (Å²) in [7, 11) is 1.92. The molecule has 0 N–H and O–H groups in total. The largest absolute Gasteiger partial charge is 0.343 e. The maximum atomic E-state index is 12.6. The average molecular weight is 406 g/mol. The molecule has 0 aliphatic heterocycles. The van der Waals surface area contributed by atoms with E-state index >= 15 is 0 Å². The van der Waals surface area contributed by atoms with Gasteiger partial charge in [-0.2, -0.15) is 0 Å². The van der Waals surface area contributed by atoms with Crippen molar-refractivity contribution in [3.63, 3.8) is 0 Å². The number of para-hydroxylation sites is 1. The van der Waals surface area contributed by atoms with Crippen LogP contribution in [-0.4, -0.2) is 7.05 Å². The van der Waals surface area contributed by atoms with Crippen LogP contribution in [0.4, 0.5) is 11.4 Å². The predicted molar refractivity (Wildman–Crippen MR) is 118 cm³/mol. The summed E-state index contributed by atoms with van der Waals surface area (Å²) in [5.74, 6) is 0. The predicted octanol–water partition coefficient (Wildman–Crippen LogP) is 5.82. The Labute approximate surface area is 170 Å². The molecule has 136 valence electrons. The molecule has 28 heavy (non-hydrogen) atoms.